The predicted molar refractivity (Wildman–Crippen MR) is 108 cm³/mol. The van der Waals surface area contributed by atoms with Crippen molar-refractivity contribution in [2.24, 2.45) is 23.7 Å². The molecule has 5 fully saturated rings. The van der Waals surface area contributed by atoms with Crippen LogP contribution in [0.4, 0.5) is 0 Å². The molecule has 0 radical (unpaired) electrons. The first-order chi connectivity index (χ1) is 13.7. The Morgan fingerprint density at radius 2 is 1.46 bits per heavy atom. The smallest absolute Gasteiger partial charge is 0.254 e. The topological polar surface area (TPSA) is 42.0 Å². The lowest BCUT2D eigenvalue weighted by molar-refractivity contribution is -0.0743. The van der Waals surface area contributed by atoms with Gasteiger partial charge in [0, 0.05) is 37.8 Å². The molecule has 6 rings (SSSR count). The van der Waals surface area contributed by atoms with Gasteiger partial charge in [0.25, 0.3) is 5.91 Å². The van der Waals surface area contributed by atoms with Gasteiger partial charge in [-0.05, 0) is 74.0 Å². The second-order valence-corrected chi connectivity index (χ2v) is 9.32. The molecule has 4 saturated carbocycles. The van der Waals surface area contributed by atoms with Gasteiger partial charge in [0.15, 0.2) is 11.5 Å². The summed E-state index contributed by atoms with van der Waals surface area (Å²) in [7, 11) is 3.22. The van der Waals surface area contributed by atoms with E-state index < -0.39 is 0 Å². The first-order valence-corrected chi connectivity index (χ1v) is 10.9. The van der Waals surface area contributed by atoms with Crippen LogP contribution in [-0.2, 0) is 0 Å². The van der Waals surface area contributed by atoms with E-state index in [1.165, 1.54) is 32.1 Å². The fraction of sp³-hybridized carbons (Fsp3) is 0.696. The molecule has 1 aromatic carbocycles. The summed E-state index contributed by atoms with van der Waals surface area (Å²) in [4.78, 5) is 17.7. The lowest BCUT2D eigenvalue weighted by Gasteiger charge is -2.58. The molecule has 0 unspecified atom stereocenters. The average Bonchev–Trinajstić information content (AvgIpc) is 2.72. The number of carbonyl (C=O) groups excluding carboxylic acids is 1. The monoisotopic (exact) mass is 384 g/mol. The largest absolute Gasteiger partial charge is 0.493 e. The van der Waals surface area contributed by atoms with E-state index in [9.17, 15) is 4.79 Å². The summed E-state index contributed by atoms with van der Waals surface area (Å²) >= 11 is 0. The van der Waals surface area contributed by atoms with Crippen LogP contribution in [0.15, 0.2) is 18.2 Å². The summed E-state index contributed by atoms with van der Waals surface area (Å²) in [5.41, 5.74) is 0.681. The number of hydrogen-bond acceptors (Lipinski definition) is 4. The fourth-order valence-corrected chi connectivity index (χ4v) is 6.87. The summed E-state index contributed by atoms with van der Waals surface area (Å²) in [6.45, 7) is 3.70. The maximum Gasteiger partial charge on any atom is 0.254 e. The molecule has 5 nitrogen and oxygen atoms in total. The number of benzene rings is 1. The SMILES string of the molecule is COc1ccc(C(=O)N2CCN(C3C4CC5CC(C4)CC3C5)CC2)cc1OC. The lowest BCUT2D eigenvalue weighted by atomic mass is 9.54. The first kappa shape index (κ1) is 18.3. The Hall–Kier alpha value is -1.75. The van der Waals surface area contributed by atoms with Gasteiger partial charge >= 0.3 is 0 Å². The average molecular weight is 385 g/mol. The second-order valence-electron chi connectivity index (χ2n) is 9.32. The van der Waals surface area contributed by atoms with Crippen molar-refractivity contribution in [3.05, 3.63) is 23.8 Å². The molecule has 5 heteroatoms. The maximum absolute atomic E-state index is 13.0. The van der Waals surface area contributed by atoms with E-state index in [4.69, 9.17) is 9.47 Å². The Morgan fingerprint density at radius 1 is 0.857 bits per heavy atom. The van der Waals surface area contributed by atoms with Crippen LogP contribution in [0.2, 0.25) is 0 Å². The van der Waals surface area contributed by atoms with Gasteiger partial charge in [0.2, 0.25) is 0 Å². The highest BCUT2D eigenvalue weighted by molar-refractivity contribution is 5.95. The van der Waals surface area contributed by atoms with Crippen LogP contribution < -0.4 is 9.47 Å². The zero-order chi connectivity index (χ0) is 19.3. The highest BCUT2D eigenvalue weighted by Crippen LogP contribution is 2.55. The van der Waals surface area contributed by atoms with Crippen LogP contribution in [0, 0.1) is 23.7 Å². The third kappa shape index (κ3) is 3.08. The van der Waals surface area contributed by atoms with E-state index in [2.05, 4.69) is 4.90 Å². The number of methoxy groups -OCH3 is 2. The van der Waals surface area contributed by atoms with E-state index in [0.29, 0.717) is 17.1 Å². The zero-order valence-electron chi connectivity index (χ0n) is 17.1. The normalized spacial score (nSPS) is 34.5. The van der Waals surface area contributed by atoms with Gasteiger partial charge in [0.1, 0.15) is 0 Å². The van der Waals surface area contributed by atoms with Crippen molar-refractivity contribution < 1.29 is 14.3 Å². The van der Waals surface area contributed by atoms with Crippen molar-refractivity contribution >= 4 is 5.91 Å². The van der Waals surface area contributed by atoms with Crippen LogP contribution in [0.5, 0.6) is 11.5 Å². The molecule has 1 amide bonds. The van der Waals surface area contributed by atoms with Crippen molar-refractivity contribution in [1.82, 2.24) is 9.80 Å². The van der Waals surface area contributed by atoms with Gasteiger partial charge in [-0.25, -0.2) is 0 Å². The quantitative estimate of drug-likeness (QED) is 0.799. The van der Waals surface area contributed by atoms with Gasteiger partial charge in [0.05, 0.1) is 14.2 Å². The highest BCUT2D eigenvalue weighted by atomic mass is 16.5. The molecule has 152 valence electrons. The maximum atomic E-state index is 13.0. The molecule has 0 atom stereocenters. The first-order valence-electron chi connectivity index (χ1n) is 10.9. The van der Waals surface area contributed by atoms with Gasteiger partial charge < -0.3 is 14.4 Å². The lowest BCUT2D eigenvalue weighted by Crippen LogP contribution is -2.60. The molecule has 1 aliphatic heterocycles. The molecule has 4 aliphatic carbocycles. The number of amides is 1. The van der Waals surface area contributed by atoms with Crippen molar-refractivity contribution in [2.45, 2.75) is 38.1 Å². The van der Waals surface area contributed by atoms with E-state index >= 15 is 0 Å². The molecule has 0 aromatic heterocycles. The van der Waals surface area contributed by atoms with Crippen LogP contribution in [0.3, 0.4) is 0 Å². The van der Waals surface area contributed by atoms with Crippen LogP contribution in [-0.4, -0.2) is 62.1 Å². The van der Waals surface area contributed by atoms with Gasteiger partial charge in [-0.1, -0.05) is 0 Å². The van der Waals surface area contributed by atoms with Crippen LogP contribution in [0.1, 0.15) is 42.5 Å². The molecule has 28 heavy (non-hydrogen) atoms. The third-order valence-electron chi connectivity index (χ3n) is 7.83. The zero-order valence-corrected chi connectivity index (χ0v) is 17.1. The predicted octanol–water partition coefficient (Wildman–Crippen LogP) is 3.29. The summed E-state index contributed by atoms with van der Waals surface area (Å²) in [6.07, 6.45) is 7.35. The van der Waals surface area contributed by atoms with Crippen molar-refractivity contribution in [3.8, 4) is 11.5 Å². The minimum absolute atomic E-state index is 0.102. The summed E-state index contributed by atoms with van der Waals surface area (Å²) < 4.78 is 10.6. The molecule has 5 aliphatic rings. The van der Waals surface area contributed by atoms with Crippen molar-refractivity contribution in [2.75, 3.05) is 40.4 Å². The number of piperazine rings is 1. The Morgan fingerprint density at radius 3 is 2.04 bits per heavy atom. The molecule has 1 saturated heterocycles. The summed E-state index contributed by atoms with van der Waals surface area (Å²) in [5, 5.41) is 0. The van der Waals surface area contributed by atoms with E-state index in [1.54, 1.807) is 20.3 Å². The molecule has 0 N–H and O–H groups in total. The van der Waals surface area contributed by atoms with Gasteiger partial charge in [-0.3, -0.25) is 9.69 Å². The fourth-order valence-electron chi connectivity index (χ4n) is 6.87. The van der Waals surface area contributed by atoms with Crippen LogP contribution in [0.25, 0.3) is 0 Å². The van der Waals surface area contributed by atoms with Crippen molar-refractivity contribution in [3.63, 3.8) is 0 Å². The minimum Gasteiger partial charge on any atom is -0.493 e. The number of nitrogens with zero attached hydrogens (tertiary/aromatic N) is 2. The Kier molecular flexibility index (Phi) is 4.74. The highest BCUT2D eigenvalue weighted by Gasteiger charge is 2.50. The second kappa shape index (κ2) is 7.25. The Bertz CT molecular complexity index is 713. The third-order valence-corrected chi connectivity index (χ3v) is 7.83. The van der Waals surface area contributed by atoms with Crippen molar-refractivity contribution in [1.29, 1.82) is 0 Å². The number of carbonyl (C=O) groups is 1. The molecule has 1 heterocycles. The van der Waals surface area contributed by atoms with E-state index in [0.717, 1.165) is 55.9 Å². The Balaban J connectivity index is 1.23. The van der Waals surface area contributed by atoms with E-state index in [1.807, 2.05) is 17.0 Å². The molecule has 1 aromatic rings. The number of hydrogen-bond donors (Lipinski definition) is 0. The van der Waals surface area contributed by atoms with Gasteiger partial charge in [-0.15, -0.1) is 0 Å². The summed E-state index contributed by atoms with van der Waals surface area (Å²) in [5.74, 6) is 5.25. The van der Waals surface area contributed by atoms with Crippen LogP contribution >= 0.6 is 0 Å². The molecule has 0 spiro atoms. The molecular weight excluding hydrogens is 352 g/mol. The standard InChI is InChI=1S/C23H32N2O3/c1-27-20-4-3-17(14-21(20)28-2)23(26)25-7-5-24(6-8-25)22-18-10-15-9-16(12-18)13-19(22)11-15/h3-4,14-16,18-19,22H,5-13H2,1-2H3. The summed E-state index contributed by atoms with van der Waals surface area (Å²) in [6, 6.07) is 6.24. The number of ether oxygens (including phenoxy) is 2. The number of rotatable bonds is 4. The minimum atomic E-state index is 0.102. The van der Waals surface area contributed by atoms with E-state index in [-0.39, 0.29) is 5.91 Å². The Labute approximate surface area is 168 Å². The van der Waals surface area contributed by atoms with Gasteiger partial charge in [-0.2, -0.15) is 0 Å². The molecule has 4 bridgehead atoms. The molecular formula is C23H32N2O3.